The summed E-state index contributed by atoms with van der Waals surface area (Å²) in [6.45, 7) is 3.27. The smallest absolute Gasteiger partial charge is 0.385 e. The first-order valence-electron chi connectivity index (χ1n) is 14.4. The van der Waals surface area contributed by atoms with Gasteiger partial charge in [-0.25, -0.2) is 4.98 Å². The van der Waals surface area contributed by atoms with Crippen molar-refractivity contribution < 1.29 is 27.9 Å². The predicted molar refractivity (Wildman–Crippen MR) is 154 cm³/mol. The maximum Gasteiger partial charge on any atom is 0.416 e. The number of benzene rings is 2. The van der Waals surface area contributed by atoms with E-state index in [9.17, 15) is 27.9 Å². The van der Waals surface area contributed by atoms with Gasteiger partial charge < -0.3 is 14.6 Å². The van der Waals surface area contributed by atoms with Gasteiger partial charge in [0.05, 0.1) is 11.2 Å². The van der Waals surface area contributed by atoms with Gasteiger partial charge in [-0.05, 0) is 68.0 Å². The van der Waals surface area contributed by atoms with Crippen LogP contribution in [0.3, 0.4) is 0 Å². The van der Waals surface area contributed by atoms with Crippen molar-refractivity contribution in [2.75, 3.05) is 24.5 Å². The number of hydrogen-bond donors (Lipinski definition) is 1. The van der Waals surface area contributed by atoms with E-state index in [1.807, 2.05) is 11.5 Å². The molecule has 2 amide bonds. The van der Waals surface area contributed by atoms with Crippen LogP contribution in [0.4, 0.5) is 19.0 Å². The summed E-state index contributed by atoms with van der Waals surface area (Å²) in [4.78, 5) is 35.9. The van der Waals surface area contributed by atoms with Crippen molar-refractivity contribution in [3.8, 4) is 0 Å². The fraction of sp³-hybridized carbons (Fsp3) is 0.452. The molecule has 1 fully saturated rings. The van der Waals surface area contributed by atoms with E-state index in [4.69, 9.17) is 16.6 Å². The third-order valence-electron chi connectivity index (χ3n) is 8.18. The second kappa shape index (κ2) is 12.1. The minimum atomic E-state index is -4.52. The lowest BCUT2D eigenvalue weighted by Crippen LogP contribution is -2.46. The molecule has 2 aromatic carbocycles. The Bertz CT molecular complexity index is 1460. The molecule has 224 valence electrons. The molecule has 3 heterocycles. The number of alkyl halides is 3. The Balaban J connectivity index is 1.45. The lowest BCUT2D eigenvalue weighted by molar-refractivity contribution is -0.137. The summed E-state index contributed by atoms with van der Waals surface area (Å²) < 4.78 is 41.8. The fourth-order valence-corrected chi connectivity index (χ4v) is 5.96. The maximum atomic E-state index is 14.2. The average molecular weight is 603 g/mol. The summed E-state index contributed by atoms with van der Waals surface area (Å²) in [5.41, 5.74) is -1.40. The number of imidazole rings is 1. The number of aryl methyl sites for hydroxylation is 1. The van der Waals surface area contributed by atoms with Gasteiger partial charge in [0, 0.05) is 43.2 Å². The molecule has 1 saturated heterocycles. The van der Waals surface area contributed by atoms with Crippen LogP contribution in [-0.2, 0) is 24.7 Å². The molecule has 0 radical (unpaired) electrons. The Labute approximate surface area is 247 Å². The van der Waals surface area contributed by atoms with Crippen molar-refractivity contribution in [3.05, 3.63) is 81.8 Å². The van der Waals surface area contributed by atoms with E-state index in [2.05, 4.69) is 0 Å². The van der Waals surface area contributed by atoms with Gasteiger partial charge in [-0.2, -0.15) is 13.2 Å². The van der Waals surface area contributed by atoms with Crippen molar-refractivity contribution in [2.45, 2.75) is 70.2 Å². The van der Waals surface area contributed by atoms with Crippen molar-refractivity contribution in [1.82, 2.24) is 14.5 Å². The van der Waals surface area contributed by atoms with Crippen molar-refractivity contribution in [1.29, 1.82) is 0 Å². The largest absolute Gasteiger partial charge is 0.416 e. The number of rotatable bonds is 7. The third kappa shape index (κ3) is 6.06. The van der Waals surface area contributed by atoms with E-state index in [1.54, 1.807) is 34.1 Å². The molecule has 11 heteroatoms. The Hall–Kier alpha value is -3.37. The third-order valence-corrected chi connectivity index (χ3v) is 8.41. The molecule has 0 saturated carbocycles. The highest BCUT2D eigenvalue weighted by atomic mass is 35.5. The van der Waals surface area contributed by atoms with Gasteiger partial charge in [0.1, 0.15) is 5.82 Å². The van der Waals surface area contributed by atoms with E-state index < -0.39 is 17.3 Å². The molecule has 0 spiro atoms. The van der Waals surface area contributed by atoms with E-state index >= 15 is 0 Å². The fourth-order valence-electron chi connectivity index (χ4n) is 5.77. The normalized spacial score (nSPS) is 16.7. The van der Waals surface area contributed by atoms with Crippen LogP contribution in [0.15, 0.2) is 48.5 Å². The van der Waals surface area contributed by atoms with Gasteiger partial charge >= 0.3 is 6.18 Å². The highest BCUT2D eigenvalue weighted by Crippen LogP contribution is 2.38. The molecule has 0 unspecified atom stereocenters. The monoisotopic (exact) mass is 602 g/mol. The van der Waals surface area contributed by atoms with Crippen LogP contribution in [0.1, 0.15) is 83.2 Å². The highest BCUT2D eigenvalue weighted by molar-refractivity contribution is 6.31. The number of nitrogens with zero attached hydrogens (tertiary/aromatic N) is 4. The molecule has 2 aliphatic rings. The summed E-state index contributed by atoms with van der Waals surface area (Å²) in [6.07, 6.45) is -0.346. The topological polar surface area (TPSA) is 78.7 Å². The number of carbonyl (C=O) groups excluding carboxylic acids is 2. The van der Waals surface area contributed by atoms with Gasteiger partial charge in [-0.15, -0.1) is 0 Å². The van der Waals surface area contributed by atoms with Gasteiger partial charge in [0.15, 0.2) is 11.5 Å². The zero-order valence-corrected chi connectivity index (χ0v) is 24.2. The lowest BCUT2D eigenvalue weighted by Gasteiger charge is -2.39. The number of anilines is 1. The standard InChI is InChI=1S/C31H34ClF3N4O3/c1-2-3-15-39(28(40)21-8-6-11-24(32)19-21)27-26(38-16-5-4-12-25(38)36-27)29(41)37-17-13-30(42,14-18-37)22-9-7-10-23(20-22)31(33,34)35/h6-11,19-20,42H,2-5,12-18H2,1H3. The first kappa shape index (κ1) is 30.1. The summed E-state index contributed by atoms with van der Waals surface area (Å²) in [5, 5.41) is 11.8. The maximum absolute atomic E-state index is 14.2. The molecular weight excluding hydrogens is 569 g/mol. The zero-order chi connectivity index (χ0) is 30.1. The van der Waals surface area contributed by atoms with Gasteiger partial charge in [0.25, 0.3) is 11.8 Å². The van der Waals surface area contributed by atoms with Gasteiger partial charge in [-0.1, -0.05) is 43.1 Å². The van der Waals surface area contributed by atoms with E-state index in [0.29, 0.717) is 48.0 Å². The van der Waals surface area contributed by atoms with Crippen molar-refractivity contribution in [2.24, 2.45) is 0 Å². The molecule has 2 aliphatic heterocycles. The Morgan fingerprint density at radius 1 is 1.07 bits per heavy atom. The number of aromatic nitrogens is 2. The SMILES string of the molecule is CCCCN(C(=O)c1cccc(Cl)c1)c1nc2n(c1C(=O)N1CCC(O)(c3cccc(C(F)(F)F)c3)CC1)CCCC2. The predicted octanol–water partition coefficient (Wildman–Crippen LogP) is 6.46. The number of fused-ring (bicyclic) bond motifs is 1. The quantitative estimate of drug-likeness (QED) is 0.337. The van der Waals surface area contributed by atoms with Gasteiger partial charge in [-0.3, -0.25) is 14.5 Å². The minimum absolute atomic E-state index is 0.0807. The van der Waals surface area contributed by atoms with Crippen LogP contribution in [0.5, 0.6) is 0 Å². The Kier molecular flexibility index (Phi) is 8.66. The molecule has 42 heavy (non-hydrogen) atoms. The number of piperidine rings is 1. The minimum Gasteiger partial charge on any atom is -0.385 e. The number of likely N-dealkylation sites (tertiary alicyclic amines) is 1. The molecule has 1 aromatic heterocycles. The number of aliphatic hydroxyl groups is 1. The first-order chi connectivity index (χ1) is 20.0. The molecule has 7 nitrogen and oxygen atoms in total. The van der Waals surface area contributed by atoms with Crippen LogP contribution in [-0.4, -0.2) is 51.0 Å². The Morgan fingerprint density at radius 2 is 1.81 bits per heavy atom. The van der Waals surface area contributed by atoms with Crippen LogP contribution < -0.4 is 4.90 Å². The zero-order valence-electron chi connectivity index (χ0n) is 23.5. The van der Waals surface area contributed by atoms with E-state index in [1.165, 1.54) is 12.1 Å². The second-order valence-corrected chi connectivity index (χ2v) is 11.5. The number of unbranched alkanes of at least 4 members (excludes halogenated alkanes) is 1. The molecular formula is C31H34ClF3N4O3. The molecule has 0 aliphatic carbocycles. The molecule has 5 rings (SSSR count). The summed E-state index contributed by atoms with van der Waals surface area (Å²) in [6, 6.07) is 11.4. The highest BCUT2D eigenvalue weighted by Gasteiger charge is 2.40. The lowest BCUT2D eigenvalue weighted by atomic mass is 9.83. The Morgan fingerprint density at radius 3 is 2.50 bits per heavy atom. The molecule has 0 atom stereocenters. The first-order valence-corrected chi connectivity index (χ1v) is 14.8. The number of amides is 2. The summed E-state index contributed by atoms with van der Waals surface area (Å²) in [5.74, 6) is 0.455. The summed E-state index contributed by atoms with van der Waals surface area (Å²) in [7, 11) is 0. The van der Waals surface area contributed by atoms with Crippen LogP contribution >= 0.6 is 11.6 Å². The molecule has 3 aromatic rings. The van der Waals surface area contributed by atoms with E-state index in [0.717, 1.165) is 37.2 Å². The van der Waals surface area contributed by atoms with Crippen LogP contribution in [0, 0.1) is 0 Å². The average Bonchev–Trinajstić information content (AvgIpc) is 3.36. The van der Waals surface area contributed by atoms with Crippen LogP contribution in [0.25, 0.3) is 0 Å². The molecule has 1 N–H and O–H groups in total. The van der Waals surface area contributed by atoms with Crippen LogP contribution in [0.2, 0.25) is 5.02 Å². The number of hydrogen-bond acceptors (Lipinski definition) is 4. The van der Waals surface area contributed by atoms with Crippen molar-refractivity contribution in [3.63, 3.8) is 0 Å². The van der Waals surface area contributed by atoms with E-state index in [-0.39, 0.29) is 43.3 Å². The van der Waals surface area contributed by atoms with Gasteiger partial charge in [0.2, 0.25) is 0 Å². The number of carbonyl (C=O) groups is 2. The second-order valence-electron chi connectivity index (χ2n) is 11.0. The van der Waals surface area contributed by atoms with Crippen molar-refractivity contribution >= 4 is 29.2 Å². The molecule has 0 bridgehead atoms. The number of halogens is 4. The summed E-state index contributed by atoms with van der Waals surface area (Å²) >= 11 is 6.18.